The fourth-order valence-electron chi connectivity index (χ4n) is 2.79. The first-order chi connectivity index (χ1) is 9.22. The number of carbonyl (C=O) groups is 1. The van der Waals surface area contributed by atoms with Crippen LogP contribution in [0.5, 0.6) is 0 Å². The van der Waals surface area contributed by atoms with Gasteiger partial charge < -0.3 is 9.88 Å². The lowest BCUT2D eigenvalue weighted by molar-refractivity contribution is -0.131. The average Bonchev–Trinajstić information content (AvgIpc) is 2.88. The van der Waals surface area contributed by atoms with Gasteiger partial charge in [-0.1, -0.05) is 0 Å². The lowest BCUT2D eigenvalue weighted by atomic mass is 9.89. The zero-order chi connectivity index (χ0) is 13.2. The van der Waals surface area contributed by atoms with Gasteiger partial charge in [0.2, 0.25) is 5.91 Å². The number of hydrazine groups is 1. The summed E-state index contributed by atoms with van der Waals surface area (Å²) in [6.45, 7) is 3.83. The van der Waals surface area contributed by atoms with Gasteiger partial charge in [0.15, 0.2) is 0 Å². The predicted molar refractivity (Wildman–Crippen MR) is 71.3 cm³/mol. The monoisotopic (exact) mass is 263 g/mol. The molecule has 1 unspecified atom stereocenters. The third-order valence-electron chi connectivity index (χ3n) is 4.13. The summed E-state index contributed by atoms with van der Waals surface area (Å²) in [4.78, 5) is 22.0. The van der Waals surface area contributed by atoms with E-state index in [0.717, 1.165) is 56.8 Å². The summed E-state index contributed by atoms with van der Waals surface area (Å²) < 4.78 is 0. The Balaban J connectivity index is 1.54. The van der Waals surface area contributed by atoms with Crippen molar-refractivity contribution in [3.63, 3.8) is 0 Å². The summed E-state index contributed by atoms with van der Waals surface area (Å²) in [6, 6.07) is 0. The molecule has 3 rings (SSSR count). The molecule has 19 heavy (non-hydrogen) atoms. The number of fused-ring (bicyclic) bond motifs is 1. The molecular weight excluding hydrogens is 242 g/mol. The number of aryl methyl sites for hydroxylation is 1. The van der Waals surface area contributed by atoms with Gasteiger partial charge in [0.25, 0.3) is 0 Å². The van der Waals surface area contributed by atoms with Crippen LogP contribution in [0.15, 0.2) is 6.33 Å². The first-order valence-corrected chi connectivity index (χ1v) is 6.97. The van der Waals surface area contributed by atoms with Crippen molar-refractivity contribution in [2.45, 2.75) is 19.3 Å². The van der Waals surface area contributed by atoms with Crippen LogP contribution < -0.4 is 5.43 Å². The van der Waals surface area contributed by atoms with Crippen LogP contribution in [0.1, 0.15) is 17.8 Å². The molecule has 1 amide bonds. The van der Waals surface area contributed by atoms with Crippen molar-refractivity contribution in [2.24, 2.45) is 5.92 Å². The van der Waals surface area contributed by atoms with E-state index < -0.39 is 0 Å². The molecule has 0 aromatic carbocycles. The standard InChI is InChI=1S/C13H21N5O/c1-17-4-6-18(7-5-17)16-13(19)10-2-3-11-12(8-10)15-9-14-11/h9-10H,2-8H2,1H3,(H,14,15)(H,16,19). The Bertz CT molecular complexity index is 450. The molecule has 0 radical (unpaired) electrons. The lowest BCUT2D eigenvalue weighted by Gasteiger charge is -2.33. The predicted octanol–water partition coefficient (Wildman–Crippen LogP) is -0.207. The van der Waals surface area contributed by atoms with Crippen molar-refractivity contribution in [1.82, 2.24) is 25.3 Å². The number of hydrogen-bond donors (Lipinski definition) is 2. The van der Waals surface area contributed by atoms with Crippen LogP contribution in [0.2, 0.25) is 0 Å². The third-order valence-corrected chi connectivity index (χ3v) is 4.13. The highest BCUT2D eigenvalue weighted by Gasteiger charge is 2.27. The maximum absolute atomic E-state index is 12.3. The Kier molecular flexibility index (Phi) is 3.52. The van der Waals surface area contributed by atoms with Gasteiger partial charge in [0.1, 0.15) is 0 Å². The maximum atomic E-state index is 12.3. The van der Waals surface area contributed by atoms with E-state index in [0.29, 0.717) is 0 Å². The molecule has 6 nitrogen and oxygen atoms in total. The number of imidazole rings is 1. The summed E-state index contributed by atoms with van der Waals surface area (Å²) in [5, 5.41) is 2.05. The van der Waals surface area contributed by atoms with E-state index >= 15 is 0 Å². The Hall–Kier alpha value is -1.40. The second-order valence-electron chi connectivity index (χ2n) is 5.53. The summed E-state index contributed by atoms with van der Waals surface area (Å²) in [5.74, 6) is 0.234. The fraction of sp³-hybridized carbons (Fsp3) is 0.692. The van der Waals surface area contributed by atoms with Gasteiger partial charge in [-0.2, -0.15) is 0 Å². The maximum Gasteiger partial charge on any atom is 0.237 e. The number of amides is 1. The SMILES string of the molecule is CN1CCN(NC(=O)C2CCc3nc[nH]c3C2)CC1. The fourth-order valence-corrected chi connectivity index (χ4v) is 2.79. The summed E-state index contributed by atoms with van der Waals surface area (Å²) >= 11 is 0. The largest absolute Gasteiger partial charge is 0.348 e. The number of hydrogen-bond acceptors (Lipinski definition) is 4. The van der Waals surface area contributed by atoms with Crippen molar-refractivity contribution in [3.8, 4) is 0 Å². The van der Waals surface area contributed by atoms with Crippen molar-refractivity contribution in [1.29, 1.82) is 0 Å². The van der Waals surface area contributed by atoms with Crippen LogP contribution in [0, 0.1) is 5.92 Å². The molecule has 2 aliphatic rings. The minimum absolute atomic E-state index is 0.0765. The molecule has 2 heterocycles. The highest BCUT2D eigenvalue weighted by Crippen LogP contribution is 2.22. The zero-order valence-electron chi connectivity index (χ0n) is 11.4. The van der Waals surface area contributed by atoms with Crippen molar-refractivity contribution < 1.29 is 4.79 Å². The molecular formula is C13H21N5O. The van der Waals surface area contributed by atoms with Gasteiger partial charge in [-0.15, -0.1) is 0 Å². The minimum atomic E-state index is 0.0765. The smallest absolute Gasteiger partial charge is 0.237 e. The summed E-state index contributed by atoms with van der Waals surface area (Å²) in [7, 11) is 2.11. The van der Waals surface area contributed by atoms with Gasteiger partial charge >= 0.3 is 0 Å². The van der Waals surface area contributed by atoms with Gasteiger partial charge in [0, 0.05) is 44.2 Å². The topological polar surface area (TPSA) is 64.3 Å². The number of aromatic nitrogens is 2. The number of nitrogens with one attached hydrogen (secondary N) is 2. The zero-order valence-corrected chi connectivity index (χ0v) is 11.4. The molecule has 1 aliphatic heterocycles. The number of rotatable bonds is 2. The number of nitrogens with zero attached hydrogens (tertiary/aromatic N) is 3. The highest BCUT2D eigenvalue weighted by atomic mass is 16.2. The molecule has 1 aliphatic carbocycles. The number of piperazine rings is 1. The normalized spacial score (nSPS) is 25.0. The summed E-state index contributed by atoms with van der Waals surface area (Å²) in [5.41, 5.74) is 5.32. The van der Waals surface area contributed by atoms with Gasteiger partial charge in [-0.3, -0.25) is 10.2 Å². The van der Waals surface area contributed by atoms with Gasteiger partial charge in [-0.25, -0.2) is 9.99 Å². The average molecular weight is 263 g/mol. The van der Waals surface area contributed by atoms with E-state index in [-0.39, 0.29) is 11.8 Å². The molecule has 1 aromatic rings. The van der Waals surface area contributed by atoms with E-state index in [1.54, 1.807) is 6.33 Å². The van der Waals surface area contributed by atoms with E-state index in [4.69, 9.17) is 0 Å². The van der Waals surface area contributed by atoms with E-state index in [2.05, 4.69) is 27.3 Å². The van der Waals surface area contributed by atoms with Crippen molar-refractivity contribution in [2.75, 3.05) is 33.2 Å². The van der Waals surface area contributed by atoms with Gasteiger partial charge in [0.05, 0.1) is 12.0 Å². The molecule has 6 heteroatoms. The van der Waals surface area contributed by atoms with Crippen LogP contribution >= 0.6 is 0 Å². The number of H-pyrrole nitrogens is 1. The first-order valence-electron chi connectivity index (χ1n) is 6.97. The molecule has 1 aromatic heterocycles. The first kappa shape index (κ1) is 12.6. The van der Waals surface area contributed by atoms with E-state index in [1.165, 1.54) is 0 Å². The minimum Gasteiger partial charge on any atom is -0.348 e. The Morgan fingerprint density at radius 2 is 2.21 bits per heavy atom. The Morgan fingerprint density at radius 1 is 1.42 bits per heavy atom. The molecule has 0 saturated carbocycles. The lowest BCUT2D eigenvalue weighted by Crippen LogP contribution is -2.54. The number of likely N-dealkylation sites (N-methyl/N-ethyl adjacent to an activating group) is 1. The number of carbonyl (C=O) groups excluding carboxylic acids is 1. The van der Waals surface area contributed by atoms with E-state index in [1.807, 2.05) is 5.01 Å². The molecule has 0 spiro atoms. The van der Waals surface area contributed by atoms with E-state index in [9.17, 15) is 4.79 Å². The van der Waals surface area contributed by atoms with Gasteiger partial charge in [-0.05, 0) is 19.9 Å². The summed E-state index contributed by atoms with van der Waals surface area (Å²) in [6.07, 6.45) is 4.32. The van der Waals surface area contributed by atoms with Crippen LogP contribution in [0.25, 0.3) is 0 Å². The molecule has 104 valence electrons. The molecule has 2 N–H and O–H groups in total. The third kappa shape index (κ3) is 2.79. The quantitative estimate of drug-likeness (QED) is 0.775. The Morgan fingerprint density at radius 3 is 3.00 bits per heavy atom. The Labute approximate surface area is 113 Å². The van der Waals surface area contributed by atoms with Crippen LogP contribution in [0.4, 0.5) is 0 Å². The number of aromatic amines is 1. The molecule has 1 fully saturated rings. The second-order valence-corrected chi connectivity index (χ2v) is 5.53. The molecule has 0 bridgehead atoms. The molecule has 1 atom stereocenters. The second kappa shape index (κ2) is 5.30. The van der Waals surface area contributed by atoms with Crippen molar-refractivity contribution in [3.05, 3.63) is 17.7 Å². The molecule has 1 saturated heterocycles. The van der Waals surface area contributed by atoms with Crippen molar-refractivity contribution >= 4 is 5.91 Å². The van der Waals surface area contributed by atoms with Crippen LogP contribution in [-0.4, -0.2) is 59.0 Å². The van der Waals surface area contributed by atoms with Crippen LogP contribution in [-0.2, 0) is 17.6 Å². The van der Waals surface area contributed by atoms with Crippen LogP contribution in [0.3, 0.4) is 0 Å². The highest BCUT2D eigenvalue weighted by molar-refractivity contribution is 5.78.